The normalized spacial score (nSPS) is 12.6. The molecule has 0 radical (unpaired) electrons. The van der Waals surface area contributed by atoms with Crippen LogP contribution in [0.4, 0.5) is 0 Å². The van der Waals surface area contributed by atoms with E-state index in [2.05, 4.69) is 111 Å². The molecular weight excluding hydrogens is 1340 g/mol. The Morgan fingerprint density at radius 3 is 0.807 bits per heavy atom. The third kappa shape index (κ3) is 28.0. The second-order valence-corrected chi connectivity index (χ2v) is 37.1. The Kier molecular flexibility index (Phi) is 39.5. The molecule has 0 N–H and O–H groups in total. The van der Waals surface area contributed by atoms with Gasteiger partial charge in [-0.25, -0.2) is 0 Å². The van der Waals surface area contributed by atoms with Crippen molar-refractivity contribution in [2.75, 3.05) is 0 Å². The number of nitrogens with zero attached hydrogens (tertiary/aromatic N) is 2. The zero-order valence-electron chi connectivity index (χ0n) is 57.2. The van der Waals surface area contributed by atoms with E-state index in [1.807, 2.05) is 0 Å². The third-order valence-corrected chi connectivity index (χ3v) is 29.9. The van der Waals surface area contributed by atoms with Crippen LogP contribution in [0.15, 0.2) is 70.3 Å². The van der Waals surface area contributed by atoms with Crippen LogP contribution in [0.3, 0.4) is 0 Å². The van der Waals surface area contributed by atoms with Crippen molar-refractivity contribution in [3.05, 3.63) is 90.2 Å². The van der Waals surface area contributed by atoms with Crippen molar-refractivity contribution in [3.63, 3.8) is 0 Å². The van der Waals surface area contributed by atoms with Crippen molar-refractivity contribution in [3.8, 4) is 37.8 Å². The van der Waals surface area contributed by atoms with Gasteiger partial charge in [-0.15, -0.1) is 0 Å². The summed E-state index contributed by atoms with van der Waals surface area (Å²) >= 11 is 0.854. The summed E-state index contributed by atoms with van der Waals surface area (Å²) in [4.78, 5) is 30.9. The van der Waals surface area contributed by atoms with Crippen molar-refractivity contribution in [2.45, 2.75) is 350 Å². The first-order valence-corrected chi connectivity index (χ1v) is 44.2. The second-order valence-electron chi connectivity index (χ2n) is 27.1. The first-order chi connectivity index (χ1) is 43.2. The Labute approximate surface area is 563 Å². The molecule has 0 bridgehead atoms. The van der Waals surface area contributed by atoms with E-state index >= 15 is 9.59 Å². The SMILES string of the molecule is CCCCCCCCCCCCC(CCCCCCCCCC)CCCCn1c(=O)c(-c2ccc(C)[se]2)cc2c1cc(-c1ccc(-c3ccc(-c4ccc(C)[se]4)[se]3)[se]1)c(=O)n2CCCCC(CCCCCCCCCC)CCCCCCCCCCCC. The fraction of sp³-hybridized carbons (Fsp3) is 0.700. The van der Waals surface area contributed by atoms with Crippen molar-refractivity contribution in [1.82, 2.24) is 9.13 Å². The molecule has 0 aliphatic carbocycles. The molecule has 8 heteroatoms. The molecule has 0 spiro atoms. The number of aryl methyl sites for hydroxylation is 4. The summed E-state index contributed by atoms with van der Waals surface area (Å²) in [6, 6.07) is 22.9. The molecule has 2 unspecified atom stereocenters. The van der Waals surface area contributed by atoms with Crippen LogP contribution in [-0.4, -0.2) is 67.1 Å². The van der Waals surface area contributed by atoms with Crippen LogP contribution in [0.1, 0.15) is 332 Å². The van der Waals surface area contributed by atoms with Gasteiger partial charge in [0.15, 0.2) is 0 Å². The van der Waals surface area contributed by atoms with Gasteiger partial charge in [-0.1, -0.05) is 207 Å². The molecule has 0 fully saturated rings. The fourth-order valence-electron chi connectivity index (χ4n) is 13.9. The Hall–Kier alpha value is -1.84. The van der Waals surface area contributed by atoms with Gasteiger partial charge in [0.2, 0.25) is 0 Å². The summed E-state index contributed by atoms with van der Waals surface area (Å²) in [5, 5.41) is 0. The van der Waals surface area contributed by atoms with Crippen LogP contribution in [0, 0.1) is 25.7 Å². The van der Waals surface area contributed by atoms with Crippen LogP contribution in [-0.2, 0) is 13.1 Å². The smallest absolute Gasteiger partial charge is 0.0654 e. The van der Waals surface area contributed by atoms with Crippen molar-refractivity contribution < 1.29 is 0 Å². The standard InChI is InChI=1S/C80H126N2O2Se4/c1-7-11-15-19-23-27-29-33-37-41-49-67(47-39-35-31-25-21-17-13-9-3)51-43-45-61-81-72-64-70(74-57-58-77(87-74)78-60-59-76(88-78)75-56-54-66(6)86-75)80(84)82(71(72)63-69(79(81)83)73-55-53-65(5)85-73)62-46-44-52-68(48-40-36-32-26-22-18-14-10-4)50-42-38-34-30-28-24-20-16-12-8-2/h53-60,63-64,67-68H,7-52,61-62H2,1-6H3. The Morgan fingerprint density at radius 1 is 0.284 bits per heavy atom. The van der Waals surface area contributed by atoms with Gasteiger partial charge >= 0.3 is 361 Å². The van der Waals surface area contributed by atoms with E-state index < -0.39 is 0 Å². The Bertz CT molecular complexity index is 2850. The average molecular weight is 1460 g/mol. The van der Waals surface area contributed by atoms with Crippen LogP contribution in [0.5, 0.6) is 0 Å². The van der Waals surface area contributed by atoms with Gasteiger partial charge in [0.25, 0.3) is 0 Å². The number of unbranched alkanes of at least 4 members (excludes halogenated alkanes) is 34. The number of rotatable bonds is 54. The summed E-state index contributed by atoms with van der Waals surface area (Å²) in [6.07, 6.45) is 62.2. The number of pyridine rings is 2. The zero-order chi connectivity index (χ0) is 62.2. The summed E-state index contributed by atoms with van der Waals surface area (Å²) in [5.74, 6) is 1.55. The molecule has 492 valence electrons. The van der Waals surface area contributed by atoms with Gasteiger partial charge in [-0.05, 0) is 0 Å². The van der Waals surface area contributed by atoms with E-state index in [-0.39, 0.29) is 54.6 Å². The molecule has 0 saturated heterocycles. The van der Waals surface area contributed by atoms with Crippen molar-refractivity contribution in [1.29, 1.82) is 0 Å². The molecule has 0 aliphatic rings. The summed E-state index contributed by atoms with van der Waals surface area (Å²) in [6.45, 7) is 15.2. The number of hydrogen-bond acceptors (Lipinski definition) is 2. The van der Waals surface area contributed by atoms with E-state index in [1.54, 1.807) is 0 Å². The average Bonchev–Trinajstić information content (AvgIpc) is 1.06. The summed E-state index contributed by atoms with van der Waals surface area (Å²) in [7, 11) is 0. The summed E-state index contributed by atoms with van der Waals surface area (Å²) < 4.78 is 15.5. The first kappa shape index (κ1) is 75.2. The van der Waals surface area contributed by atoms with Gasteiger partial charge in [0.05, 0.1) is 0 Å². The van der Waals surface area contributed by atoms with Crippen LogP contribution in [0.2, 0.25) is 0 Å². The third-order valence-electron chi connectivity index (χ3n) is 19.4. The van der Waals surface area contributed by atoms with E-state index in [0.717, 1.165) is 59.7 Å². The Balaban J connectivity index is 1.23. The maximum atomic E-state index is 15.6. The molecular formula is C80H126N2O2Se4. The van der Waals surface area contributed by atoms with E-state index in [9.17, 15) is 0 Å². The minimum atomic E-state index is 0.0199. The summed E-state index contributed by atoms with van der Waals surface area (Å²) in [5.41, 5.74) is 3.90. The number of hydrogen-bond donors (Lipinski definition) is 0. The molecule has 6 aromatic rings. The van der Waals surface area contributed by atoms with E-state index in [1.165, 1.54) is 305 Å². The quantitative estimate of drug-likeness (QED) is 0.0282. The molecule has 6 aromatic heterocycles. The second kappa shape index (κ2) is 46.3. The zero-order valence-corrected chi connectivity index (χ0v) is 64.1. The first-order valence-electron chi connectivity index (χ1n) is 37.4. The monoisotopic (exact) mass is 1470 g/mol. The minimum absolute atomic E-state index is 0.0199. The molecule has 6 heterocycles. The van der Waals surface area contributed by atoms with Crippen molar-refractivity contribution in [2.24, 2.45) is 11.8 Å². The molecule has 0 aromatic carbocycles. The molecule has 0 aliphatic heterocycles. The predicted molar refractivity (Wildman–Crippen MR) is 394 cm³/mol. The molecule has 88 heavy (non-hydrogen) atoms. The maximum absolute atomic E-state index is 15.6. The number of aromatic nitrogens is 2. The van der Waals surface area contributed by atoms with Crippen LogP contribution in [0.25, 0.3) is 48.8 Å². The van der Waals surface area contributed by atoms with Gasteiger partial charge < -0.3 is 0 Å². The minimum Gasteiger partial charge on any atom is -0.0654 e. The van der Waals surface area contributed by atoms with Crippen LogP contribution < -0.4 is 11.1 Å². The fourth-order valence-corrected chi connectivity index (χ4v) is 22.9. The van der Waals surface area contributed by atoms with Gasteiger partial charge in [-0.2, -0.15) is 0 Å². The predicted octanol–water partition coefficient (Wildman–Crippen LogP) is 23.9. The van der Waals surface area contributed by atoms with Gasteiger partial charge in [0.1, 0.15) is 0 Å². The molecule has 2 atom stereocenters. The molecule has 0 amide bonds. The molecule has 6 rings (SSSR count). The molecule has 4 nitrogen and oxygen atoms in total. The van der Waals surface area contributed by atoms with E-state index in [4.69, 9.17) is 0 Å². The Morgan fingerprint density at radius 2 is 0.511 bits per heavy atom. The van der Waals surface area contributed by atoms with Crippen molar-refractivity contribution >= 4 is 69.0 Å². The topological polar surface area (TPSA) is 44.0 Å². The van der Waals surface area contributed by atoms with E-state index in [0.29, 0.717) is 27.6 Å². The van der Waals surface area contributed by atoms with Gasteiger partial charge in [0, 0.05) is 0 Å². The number of fused-ring (bicyclic) bond motifs is 1. The van der Waals surface area contributed by atoms with Gasteiger partial charge in [-0.3, -0.25) is 0 Å². The molecule has 0 saturated carbocycles. The van der Waals surface area contributed by atoms with Crippen LogP contribution >= 0.6 is 0 Å².